The predicted octanol–water partition coefficient (Wildman–Crippen LogP) is 7.48. The first-order valence-corrected chi connectivity index (χ1v) is 13.2. The fourth-order valence-electron chi connectivity index (χ4n) is 5.84. The highest BCUT2D eigenvalue weighted by molar-refractivity contribution is 5.89. The van der Waals surface area contributed by atoms with Gasteiger partial charge >= 0.3 is 6.18 Å². The molecule has 6 nitrogen and oxygen atoms in total. The van der Waals surface area contributed by atoms with Gasteiger partial charge in [-0.25, -0.2) is 9.97 Å². The van der Waals surface area contributed by atoms with Gasteiger partial charge in [-0.15, -0.1) is 0 Å². The first-order valence-electron chi connectivity index (χ1n) is 13.2. The summed E-state index contributed by atoms with van der Waals surface area (Å²) >= 11 is 0. The van der Waals surface area contributed by atoms with Gasteiger partial charge < -0.3 is 0 Å². The monoisotopic (exact) mass is 532 g/mol. The number of alkyl halides is 3. The SMILES string of the molecule is CCC[C@@H]1CC(=O)n2c(-c3ccc(-c4ccc(-c5cnc6n5C(=O)C[C@H]6CCC(F)(F)F)cc4)cc3)cnc21. The van der Waals surface area contributed by atoms with E-state index in [9.17, 15) is 22.8 Å². The standard InChI is InChI=1S/C30H27F3N4O2/c1-2-3-22-14-26(38)36-24(16-34-28(22)36)20-8-4-18(5-9-20)19-6-10-21(11-7-19)25-17-35-29-23(12-13-30(31,32)33)15-27(39)37(25)29/h4-11,16-17,22-23H,2-3,12-15H2,1H3/t22-,23-/m1/s1. The van der Waals surface area contributed by atoms with Gasteiger partial charge in [-0.05, 0) is 24.0 Å². The molecule has 39 heavy (non-hydrogen) atoms. The lowest BCUT2D eigenvalue weighted by molar-refractivity contribution is -0.136. The summed E-state index contributed by atoms with van der Waals surface area (Å²) in [6.07, 6.45) is 0.521. The molecule has 2 aromatic carbocycles. The van der Waals surface area contributed by atoms with Crippen LogP contribution in [0.25, 0.3) is 33.6 Å². The van der Waals surface area contributed by atoms with Crippen LogP contribution in [0.15, 0.2) is 60.9 Å². The largest absolute Gasteiger partial charge is 0.389 e. The maximum Gasteiger partial charge on any atom is 0.389 e. The van der Waals surface area contributed by atoms with Gasteiger partial charge in [-0.1, -0.05) is 61.9 Å². The van der Waals surface area contributed by atoms with E-state index in [0.717, 1.165) is 46.6 Å². The molecule has 6 rings (SSSR count). The summed E-state index contributed by atoms with van der Waals surface area (Å²) in [6.45, 7) is 2.11. The fourth-order valence-corrected chi connectivity index (χ4v) is 5.84. The van der Waals surface area contributed by atoms with Crippen molar-refractivity contribution in [2.24, 2.45) is 0 Å². The zero-order chi connectivity index (χ0) is 27.3. The third kappa shape index (κ3) is 4.60. The molecule has 2 atom stereocenters. The van der Waals surface area contributed by atoms with E-state index >= 15 is 0 Å². The van der Waals surface area contributed by atoms with Crippen molar-refractivity contribution in [1.82, 2.24) is 19.1 Å². The highest BCUT2D eigenvalue weighted by Crippen LogP contribution is 2.39. The Morgan fingerprint density at radius 2 is 1.13 bits per heavy atom. The van der Waals surface area contributed by atoms with Crippen LogP contribution in [0.3, 0.4) is 0 Å². The minimum atomic E-state index is -4.26. The van der Waals surface area contributed by atoms with Crippen LogP contribution in [-0.4, -0.2) is 37.1 Å². The normalized spacial score (nSPS) is 18.6. The number of fused-ring (bicyclic) bond motifs is 2. The van der Waals surface area contributed by atoms with Crippen molar-refractivity contribution in [2.45, 2.75) is 63.5 Å². The molecular weight excluding hydrogens is 505 g/mol. The molecule has 2 aliphatic rings. The van der Waals surface area contributed by atoms with Crippen LogP contribution in [0.1, 0.15) is 78.5 Å². The Bertz CT molecular complexity index is 1550. The molecule has 0 unspecified atom stereocenters. The molecule has 0 N–H and O–H groups in total. The van der Waals surface area contributed by atoms with E-state index in [0.29, 0.717) is 17.9 Å². The van der Waals surface area contributed by atoms with Crippen LogP contribution in [-0.2, 0) is 0 Å². The van der Waals surface area contributed by atoms with E-state index in [-0.39, 0.29) is 30.6 Å². The van der Waals surface area contributed by atoms with Gasteiger partial charge in [0.1, 0.15) is 11.6 Å². The number of carbonyl (C=O) groups excluding carboxylic acids is 2. The first kappa shape index (κ1) is 25.3. The van der Waals surface area contributed by atoms with Crippen LogP contribution < -0.4 is 0 Å². The summed E-state index contributed by atoms with van der Waals surface area (Å²) in [6, 6.07) is 15.6. The molecular formula is C30H27F3N4O2. The molecule has 0 saturated heterocycles. The predicted molar refractivity (Wildman–Crippen MR) is 140 cm³/mol. The molecule has 200 valence electrons. The summed E-state index contributed by atoms with van der Waals surface area (Å²) < 4.78 is 41.3. The number of benzene rings is 2. The summed E-state index contributed by atoms with van der Waals surface area (Å²) in [5.41, 5.74) is 5.05. The average Bonchev–Trinajstić information content (AvgIpc) is 3.67. The van der Waals surface area contributed by atoms with E-state index in [2.05, 4.69) is 16.9 Å². The fraction of sp³-hybridized carbons (Fsp3) is 0.333. The molecule has 0 radical (unpaired) electrons. The zero-order valence-corrected chi connectivity index (χ0v) is 21.4. The summed E-state index contributed by atoms with van der Waals surface area (Å²) in [4.78, 5) is 34.1. The molecule has 0 spiro atoms. The van der Waals surface area contributed by atoms with Gasteiger partial charge in [-0.2, -0.15) is 13.2 Å². The maximum atomic E-state index is 12.7. The van der Waals surface area contributed by atoms with Gasteiger partial charge in [0.2, 0.25) is 11.8 Å². The van der Waals surface area contributed by atoms with Crippen LogP contribution in [0.2, 0.25) is 0 Å². The highest BCUT2D eigenvalue weighted by Gasteiger charge is 2.37. The van der Waals surface area contributed by atoms with Gasteiger partial charge in [-0.3, -0.25) is 18.7 Å². The van der Waals surface area contributed by atoms with Gasteiger partial charge in [0.15, 0.2) is 0 Å². The van der Waals surface area contributed by atoms with E-state index < -0.39 is 18.5 Å². The summed E-state index contributed by atoms with van der Waals surface area (Å²) in [5.74, 6) is 0.794. The summed E-state index contributed by atoms with van der Waals surface area (Å²) in [5, 5.41) is 0. The van der Waals surface area contributed by atoms with Crippen molar-refractivity contribution in [2.75, 3.05) is 0 Å². The molecule has 2 aliphatic heterocycles. The maximum absolute atomic E-state index is 12.7. The molecule has 4 aromatic rings. The summed E-state index contributed by atoms with van der Waals surface area (Å²) in [7, 11) is 0. The Morgan fingerprint density at radius 1 is 0.718 bits per heavy atom. The van der Waals surface area contributed by atoms with Crippen molar-refractivity contribution in [3.8, 4) is 33.6 Å². The van der Waals surface area contributed by atoms with E-state index in [4.69, 9.17) is 0 Å². The number of rotatable bonds is 7. The third-order valence-electron chi connectivity index (χ3n) is 7.76. The number of nitrogens with zero attached hydrogens (tertiary/aromatic N) is 4. The molecule has 0 fully saturated rings. The molecule has 0 aliphatic carbocycles. The van der Waals surface area contributed by atoms with Crippen molar-refractivity contribution in [1.29, 1.82) is 0 Å². The minimum Gasteiger partial charge on any atom is -0.274 e. The lowest BCUT2D eigenvalue weighted by atomic mass is 10.0. The average molecular weight is 533 g/mol. The smallest absolute Gasteiger partial charge is 0.274 e. The number of aromatic nitrogens is 4. The Labute approximate surface area is 223 Å². The van der Waals surface area contributed by atoms with Crippen molar-refractivity contribution in [3.63, 3.8) is 0 Å². The Morgan fingerprint density at radius 3 is 1.54 bits per heavy atom. The molecule has 0 amide bonds. The van der Waals surface area contributed by atoms with E-state index in [1.165, 1.54) is 4.57 Å². The number of hydrogen-bond acceptors (Lipinski definition) is 4. The Hall–Kier alpha value is -4.01. The molecule has 4 heterocycles. The first-order chi connectivity index (χ1) is 18.7. The molecule has 0 saturated carbocycles. The number of carbonyl (C=O) groups is 2. The van der Waals surface area contributed by atoms with Crippen molar-refractivity contribution < 1.29 is 22.8 Å². The molecule has 2 aromatic heterocycles. The second-order valence-corrected chi connectivity index (χ2v) is 10.4. The zero-order valence-electron chi connectivity index (χ0n) is 21.4. The van der Waals surface area contributed by atoms with E-state index in [1.54, 1.807) is 17.0 Å². The number of halogens is 3. The highest BCUT2D eigenvalue weighted by atomic mass is 19.4. The third-order valence-corrected chi connectivity index (χ3v) is 7.76. The van der Waals surface area contributed by atoms with E-state index in [1.807, 2.05) is 48.5 Å². The molecule has 9 heteroatoms. The minimum absolute atomic E-state index is 0.0436. The van der Waals surface area contributed by atoms with Crippen LogP contribution in [0, 0.1) is 0 Å². The van der Waals surface area contributed by atoms with Crippen LogP contribution in [0.4, 0.5) is 13.2 Å². The lowest BCUT2D eigenvalue weighted by Crippen LogP contribution is -2.09. The number of imidazole rings is 2. The van der Waals surface area contributed by atoms with Crippen molar-refractivity contribution >= 4 is 11.8 Å². The second-order valence-electron chi connectivity index (χ2n) is 10.4. The van der Waals surface area contributed by atoms with Crippen molar-refractivity contribution in [3.05, 3.63) is 72.6 Å². The topological polar surface area (TPSA) is 69.8 Å². The Kier molecular flexibility index (Phi) is 6.24. The van der Waals surface area contributed by atoms with Gasteiger partial charge in [0, 0.05) is 42.2 Å². The van der Waals surface area contributed by atoms with Gasteiger partial charge in [0.05, 0.1) is 23.8 Å². The quantitative estimate of drug-likeness (QED) is 0.247. The van der Waals surface area contributed by atoms with Crippen LogP contribution in [0.5, 0.6) is 0 Å². The Balaban J connectivity index is 1.21. The molecule has 0 bridgehead atoms. The number of hydrogen-bond donors (Lipinski definition) is 0. The van der Waals surface area contributed by atoms with Gasteiger partial charge in [0.25, 0.3) is 0 Å². The second kappa shape index (κ2) is 9.63. The lowest BCUT2D eigenvalue weighted by Gasteiger charge is -2.09. The van der Waals surface area contributed by atoms with Crippen LogP contribution >= 0.6 is 0 Å².